The fourth-order valence-electron chi connectivity index (χ4n) is 2.43. The SMILES string of the molecule is CC1=CC=C(N2CCCCC2)C=C(C)C1. The summed E-state index contributed by atoms with van der Waals surface area (Å²) in [5.74, 6) is 0. The third-order valence-corrected chi connectivity index (χ3v) is 3.21. The van der Waals surface area contributed by atoms with E-state index in [4.69, 9.17) is 0 Å². The fourth-order valence-corrected chi connectivity index (χ4v) is 2.43. The molecular weight excluding hydrogens is 182 g/mol. The van der Waals surface area contributed by atoms with Gasteiger partial charge in [0.25, 0.3) is 0 Å². The molecule has 1 heteroatoms. The molecule has 0 aromatic rings. The summed E-state index contributed by atoms with van der Waals surface area (Å²) in [4.78, 5) is 2.53. The van der Waals surface area contributed by atoms with E-state index < -0.39 is 0 Å². The van der Waals surface area contributed by atoms with Gasteiger partial charge in [-0.15, -0.1) is 0 Å². The minimum absolute atomic E-state index is 1.13. The van der Waals surface area contributed by atoms with Crippen LogP contribution in [0.4, 0.5) is 0 Å². The van der Waals surface area contributed by atoms with Gasteiger partial charge in [0.2, 0.25) is 0 Å². The first-order valence-electron chi connectivity index (χ1n) is 6.05. The van der Waals surface area contributed by atoms with Gasteiger partial charge in [-0.25, -0.2) is 0 Å². The number of nitrogens with zero attached hydrogens (tertiary/aromatic N) is 1. The Kier molecular flexibility index (Phi) is 3.30. The molecule has 1 heterocycles. The van der Waals surface area contributed by atoms with Crippen molar-refractivity contribution in [2.24, 2.45) is 0 Å². The maximum atomic E-state index is 2.53. The maximum absolute atomic E-state index is 2.53. The van der Waals surface area contributed by atoms with Crippen LogP contribution < -0.4 is 0 Å². The van der Waals surface area contributed by atoms with Gasteiger partial charge >= 0.3 is 0 Å². The Morgan fingerprint density at radius 3 is 2.40 bits per heavy atom. The first-order valence-corrected chi connectivity index (χ1v) is 6.05. The smallest absolute Gasteiger partial charge is 0.0365 e. The Morgan fingerprint density at radius 1 is 0.933 bits per heavy atom. The molecule has 0 atom stereocenters. The van der Waals surface area contributed by atoms with Crippen molar-refractivity contribution < 1.29 is 0 Å². The van der Waals surface area contributed by atoms with Crippen LogP contribution >= 0.6 is 0 Å². The zero-order valence-corrected chi connectivity index (χ0v) is 9.92. The van der Waals surface area contributed by atoms with E-state index in [1.54, 1.807) is 0 Å². The Bertz CT molecular complexity index is 314. The predicted octanol–water partition coefficient (Wildman–Crippen LogP) is 3.65. The van der Waals surface area contributed by atoms with Crippen LogP contribution in [0.5, 0.6) is 0 Å². The molecule has 0 unspecified atom stereocenters. The zero-order chi connectivity index (χ0) is 10.7. The third-order valence-electron chi connectivity index (χ3n) is 3.21. The van der Waals surface area contributed by atoms with Gasteiger partial charge < -0.3 is 4.90 Å². The summed E-state index contributed by atoms with van der Waals surface area (Å²) in [6.07, 6.45) is 12.2. The second kappa shape index (κ2) is 4.69. The molecule has 2 aliphatic rings. The van der Waals surface area contributed by atoms with Crippen LogP contribution in [0.1, 0.15) is 39.5 Å². The number of hydrogen-bond donors (Lipinski definition) is 0. The van der Waals surface area contributed by atoms with Crippen molar-refractivity contribution in [1.29, 1.82) is 0 Å². The second-order valence-corrected chi connectivity index (χ2v) is 4.82. The summed E-state index contributed by atoms with van der Waals surface area (Å²) < 4.78 is 0. The largest absolute Gasteiger partial charge is 0.372 e. The Morgan fingerprint density at radius 2 is 1.67 bits per heavy atom. The average molecular weight is 203 g/mol. The molecule has 0 spiro atoms. The van der Waals surface area contributed by atoms with Gasteiger partial charge in [-0.1, -0.05) is 17.2 Å². The Labute approximate surface area is 93.2 Å². The van der Waals surface area contributed by atoms with Crippen LogP contribution in [0.3, 0.4) is 0 Å². The lowest BCUT2D eigenvalue weighted by atomic mass is 10.1. The van der Waals surface area contributed by atoms with Crippen LogP contribution in [0.15, 0.2) is 35.1 Å². The van der Waals surface area contributed by atoms with Crippen LogP contribution in [-0.2, 0) is 0 Å². The second-order valence-electron chi connectivity index (χ2n) is 4.82. The van der Waals surface area contributed by atoms with Crippen molar-refractivity contribution in [3.63, 3.8) is 0 Å². The molecule has 1 fully saturated rings. The van der Waals surface area contributed by atoms with Gasteiger partial charge in [-0.3, -0.25) is 0 Å². The molecule has 0 aromatic carbocycles. The highest BCUT2D eigenvalue weighted by atomic mass is 15.1. The monoisotopic (exact) mass is 203 g/mol. The lowest BCUT2D eigenvalue weighted by Crippen LogP contribution is -2.28. The summed E-state index contributed by atoms with van der Waals surface area (Å²) in [6.45, 7) is 6.93. The molecule has 0 radical (unpaired) electrons. The van der Waals surface area contributed by atoms with E-state index in [0.29, 0.717) is 0 Å². The van der Waals surface area contributed by atoms with Crippen LogP contribution in [0.2, 0.25) is 0 Å². The summed E-state index contributed by atoms with van der Waals surface area (Å²) in [7, 11) is 0. The Hall–Kier alpha value is -0.980. The standard InChI is InChI=1S/C14H21N/c1-12-6-7-14(11-13(2)10-12)15-8-4-3-5-9-15/h6-7,11H,3-5,8-10H2,1-2H3. The number of allylic oxidation sites excluding steroid dienone is 5. The summed E-state index contributed by atoms with van der Waals surface area (Å²) >= 11 is 0. The zero-order valence-electron chi connectivity index (χ0n) is 9.92. The van der Waals surface area contributed by atoms with Gasteiger partial charge in [-0.05, 0) is 51.7 Å². The van der Waals surface area contributed by atoms with Crippen LogP contribution in [0.25, 0.3) is 0 Å². The highest BCUT2D eigenvalue weighted by Crippen LogP contribution is 2.22. The number of hydrogen-bond acceptors (Lipinski definition) is 1. The topological polar surface area (TPSA) is 3.24 Å². The summed E-state index contributed by atoms with van der Waals surface area (Å²) in [5, 5.41) is 0. The molecule has 0 N–H and O–H groups in total. The molecule has 15 heavy (non-hydrogen) atoms. The van der Waals surface area contributed by atoms with Crippen molar-refractivity contribution in [3.8, 4) is 0 Å². The van der Waals surface area contributed by atoms with Crippen molar-refractivity contribution in [2.45, 2.75) is 39.5 Å². The summed E-state index contributed by atoms with van der Waals surface area (Å²) in [5.41, 5.74) is 4.37. The molecule has 0 bridgehead atoms. The van der Waals surface area contributed by atoms with E-state index in [2.05, 4.69) is 37.0 Å². The molecule has 1 nitrogen and oxygen atoms in total. The van der Waals surface area contributed by atoms with E-state index >= 15 is 0 Å². The molecule has 0 aromatic heterocycles. The molecule has 82 valence electrons. The van der Waals surface area contributed by atoms with Crippen molar-refractivity contribution in [2.75, 3.05) is 13.1 Å². The van der Waals surface area contributed by atoms with Gasteiger partial charge in [0.05, 0.1) is 0 Å². The quantitative estimate of drug-likeness (QED) is 0.628. The molecule has 2 rings (SSSR count). The first kappa shape index (κ1) is 10.5. The lowest BCUT2D eigenvalue weighted by molar-refractivity contribution is 0.293. The van der Waals surface area contributed by atoms with Crippen molar-refractivity contribution in [3.05, 3.63) is 35.1 Å². The Balaban J connectivity index is 2.15. The predicted molar refractivity (Wildman–Crippen MR) is 65.6 cm³/mol. The normalized spacial score (nSPS) is 22.8. The average Bonchev–Trinajstić information content (AvgIpc) is 2.41. The van der Waals surface area contributed by atoms with E-state index in [1.165, 1.54) is 49.2 Å². The first-order chi connectivity index (χ1) is 7.25. The van der Waals surface area contributed by atoms with Gasteiger partial charge in [0.15, 0.2) is 0 Å². The highest BCUT2D eigenvalue weighted by molar-refractivity contribution is 5.33. The van der Waals surface area contributed by atoms with E-state index in [1.807, 2.05) is 0 Å². The minimum atomic E-state index is 1.13. The molecule has 1 aliphatic carbocycles. The van der Waals surface area contributed by atoms with Gasteiger partial charge in [-0.2, -0.15) is 0 Å². The van der Waals surface area contributed by atoms with E-state index in [-0.39, 0.29) is 0 Å². The molecular formula is C14H21N. The fraction of sp³-hybridized carbons (Fsp3) is 0.571. The maximum Gasteiger partial charge on any atom is 0.0365 e. The van der Waals surface area contributed by atoms with Gasteiger partial charge in [0.1, 0.15) is 0 Å². The van der Waals surface area contributed by atoms with Crippen LogP contribution in [-0.4, -0.2) is 18.0 Å². The highest BCUT2D eigenvalue weighted by Gasteiger charge is 2.12. The van der Waals surface area contributed by atoms with Crippen molar-refractivity contribution >= 4 is 0 Å². The molecule has 0 saturated carbocycles. The van der Waals surface area contributed by atoms with E-state index in [0.717, 1.165) is 6.42 Å². The van der Waals surface area contributed by atoms with Gasteiger partial charge in [0, 0.05) is 18.8 Å². The molecule has 1 saturated heterocycles. The van der Waals surface area contributed by atoms with Crippen molar-refractivity contribution in [1.82, 2.24) is 4.90 Å². The molecule has 0 amide bonds. The van der Waals surface area contributed by atoms with Crippen LogP contribution in [0, 0.1) is 0 Å². The minimum Gasteiger partial charge on any atom is -0.372 e. The summed E-state index contributed by atoms with van der Waals surface area (Å²) in [6, 6.07) is 0. The number of likely N-dealkylation sites (tertiary alicyclic amines) is 1. The number of rotatable bonds is 1. The number of piperidine rings is 1. The molecule has 1 aliphatic heterocycles. The third kappa shape index (κ3) is 2.74. The lowest BCUT2D eigenvalue weighted by Gasteiger charge is -2.29. The van der Waals surface area contributed by atoms with E-state index in [9.17, 15) is 0 Å².